The van der Waals surface area contributed by atoms with Crippen molar-refractivity contribution in [3.05, 3.63) is 74.7 Å². The molecular formula is C24H22Cl2F3N5O4S2. The predicted octanol–water partition coefficient (Wildman–Crippen LogP) is 4.62. The van der Waals surface area contributed by atoms with Crippen molar-refractivity contribution in [1.29, 1.82) is 0 Å². The molecule has 0 saturated carbocycles. The second kappa shape index (κ2) is 12.3. The van der Waals surface area contributed by atoms with E-state index in [0.29, 0.717) is 47.6 Å². The molecule has 1 aromatic carbocycles. The molecule has 9 nitrogen and oxygen atoms in total. The summed E-state index contributed by atoms with van der Waals surface area (Å²) in [5, 5.41) is 3.05. The number of hydrogen-bond acceptors (Lipinski definition) is 7. The van der Waals surface area contributed by atoms with E-state index in [1.807, 2.05) is 0 Å². The summed E-state index contributed by atoms with van der Waals surface area (Å²) in [5.74, 6) is -1.23. The molecule has 3 aromatic rings. The summed E-state index contributed by atoms with van der Waals surface area (Å²) in [6.07, 6.45) is -3.24. The number of pyridine rings is 1. The average Bonchev–Trinajstić information content (AvgIpc) is 3.41. The highest BCUT2D eigenvalue weighted by Crippen LogP contribution is 2.34. The minimum Gasteiger partial charge on any atom is -0.355 e. The van der Waals surface area contributed by atoms with Gasteiger partial charge in [-0.1, -0.05) is 23.2 Å². The van der Waals surface area contributed by atoms with Crippen LogP contribution in [0.2, 0.25) is 10.0 Å². The first-order valence-electron chi connectivity index (χ1n) is 11.8. The van der Waals surface area contributed by atoms with E-state index in [1.165, 1.54) is 6.07 Å². The number of halogens is 5. The van der Waals surface area contributed by atoms with Crippen LogP contribution < -0.4 is 20.5 Å². The van der Waals surface area contributed by atoms with Crippen LogP contribution in [0.4, 0.5) is 19.0 Å². The molecule has 1 aliphatic heterocycles. The summed E-state index contributed by atoms with van der Waals surface area (Å²) in [5.41, 5.74) is 1.68. The molecule has 1 saturated heterocycles. The third-order valence-corrected chi connectivity index (χ3v) is 9.41. The molecule has 0 spiro atoms. The van der Waals surface area contributed by atoms with Gasteiger partial charge in [-0.05, 0) is 55.3 Å². The number of amides is 2. The molecule has 3 N–H and O–H groups in total. The second-order valence-corrected chi connectivity index (χ2v) is 12.7. The van der Waals surface area contributed by atoms with E-state index < -0.39 is 33.6 Å². The highest BCUT2D eigenvalue weighted by Gasteiger charge is 2.33. The lowest BCUT2D eigenvalue weighted by Crippen LogP contribution is -2.47. The number of rotatable bonds is 8. The number of nitrogens with zero attached hydrogens (tertiary/aromatic N) is 2. The van der Waals surface area contributed by atoms with E-state index in [9.17, 15) is 31.2 Å². The molecule has 16 heteroatoms. The van der Waals surface area contributed by atoms with Crippen molar-refractivity contribution >= 4 is 62.2 Å². The Morgan fingerprint density at radius 1 is 1.07 bits per heavy atom. The Morgan fingerprint density at radius 3 is 2.38 bits per heavy atom. The molecule has 4 rings (SSSR count). The first-order valence-corrected chi connectivity index (χ1v) is 14.8. The summed E-state index contributed by atoms with van der Waals surface area (Å²) in [4.78, 5) is 33.0. The number of carbonyl (C=O) groups is 2. The fraction of sp³-hybridized carbons (Fsp3) is 0.292. The number of alkyl halides is 3. The molecule has 2 aromatic heterocycles. The molecule has 0 bridgehead atoms. The average molecular weight is 637 g/mol. The Balaban J connectivity index is 1.26. The van der Waals surface area contributed by atoms with Gasteiger partial charge in [0.25, 0.3) is 15.9 Å². The zero-order chi connectivity index (χ0) is 29.1. The number of anilines is 1. The van der Waals surface area contributed by atoms with Crippen LogP contribution in [-0.2, 0) is 27.5 Å². The van der Waals surface area contributed by atoms with E-state index in [-0.39, 0.29) is 27.5 Å². The molecule has 40 heavy (non-hydrogen) atoms. The largest absolute Gasteiger partial charge is 0.417 e. The van der Waals surface area contributed by atoms with Gasteiger partial charge in [0, 0.05) is 40.7 Å². The number of hydrazine groups is 1. The van der Waals surface area contributed by atoms with Crippen molar-refractivity contribution in [1.82, 2.24) is 20.6 Å². The van der Waals surface area contributed by atoms with E-state index in [0.717, 1.165) is 17.4 Å². The lowest BCUT2D eigenvalue weighted by Gasteiger charge is -2.32. The molecule has 0 unspecified atom stereocenters. The van der Waals surface area contributed by atoms with Gasteiger partial charge in [-0.2, -0.15) is 13.2 Å². The summed E-state index contributed by atoms with van der Waals surface area (Å²) < 4.78 is 63.9. The lowest BCUT2D eigenvalue weighted by molar-refractivity contribution is -0.137. The number of thiophene rings is 1. The number of carbonyl (C=O) groups excluding carboxylic acids is 2. The van der Waals surface area contributed by atoms with Crippen LogP contribution in [0.15, 0.2) is 52.9 Å². The number of sulfonamides is 1. The Kier molecular flexibility index (Phi) is 9.25. The highest BCUT2D eigenvalue weighted by atomic mass is 35.5. The number of nitrogens with one attached hydrogen (secondary N) is 3. The van der Waals surface area contributed by atoms with Gasteiger partial charge in [0.1, 0.15) is 10.0 Å². The molecule has 1 aliphatic rings. The van der Waals surface area contributed by atoms with E-state index in [2.05, 4.69) is 20.6 Å². The van der Waals surface area contributed by atoms with Gasteiger partial charge in [-0.15, -0.1) is 16.2 Å². The van der Waals surface area contributed by atoms with Crippen LogP contribution in [0.25, 0.3) is 0 Å². The summed E-state index contributed by atoms with van der Waals surface area (Å²) in [6, 6.07) is 10.0. The number of piperidine rings is 1. The zero-order valence-electron chi connectivity index (χ0n) is 20.5. The molecule has 0 atom stereocenters. The van der Waals surface area contributed by atoms with Crippen molar-refractivity contribution < 1.29 is 31.2 Å². The zero-order valence-corrected chi connectivity index (χ0v) is 23.6. The van der Waals surface area contributed by atoms with Gasteiger partial charge in [0.2, 0.25) is 5.91 Å². The SMILES string of the molecule is O=C(NCc1ccc(S(=O)(=O)NNC(=O)C2CCN(c3ncc(C(F)(F)F)cc3Cl)CC2)s1)c1ccc(Cl)cc1. The van der Waals surface area contributed by atoms with Crippen molar-refractivity contribution in [3.8, 4) is 0 Å². The third-order valence-electron chi connectivity index (χ3n) is 6.05. The molecular weight excluding hydrogens is 614 g/mol. The Morgan fingerprint density at radius 2 is 1.75 bits per heavy atom. The van der Waals surface area contributed by atoms with Gasteiger partial charge < -0.3 is 10.2 Å². The first kappa shape index (κ1) is 30.1. The van der Waals surface area contributed by atoms with Crippen LogP contribution >= 0.6 is 34.5 Å². The fourth-order valence-corrected chi connectivity index (χ4v) is 6.46. The Hall–Kier alpha value is -2.91. The van der Waals surface area contributed by atoms with Crippen LogP contribution in [0.1, 0.15) is 33.6 Å². The summed E-state index contributed by atoms with van der Waals surface area (Å²) in [6.45, 7) is 0.683. The molecule has 3 heterocycles. The molecule has 1 fully saturated rings. The maximum absolute atomic E-state index is 12.9. The number of hydrogen-bond donors (Lipinski definition) is 3. The lowest BCUT2D eigenvalue weighted by atomic mass is 9.96. The third kappa shape index (κ3) is 7.43. The fourth-order valence-electron chi connectivity index (χ4n) is 3.91. The van der Waals surface area contributed by atoms with Crippen LogP contribution in [0.5, 0.6) is 0 Å². The molecule has 2 amide bonds. The van der Waals surface area contributed by atoms with E-state index >= 15 is 0 Å². The standard InChI is InChI=1S/C24H22Cl2F3N5O4S2/c25-17-3-1-14(2-4-17)22(35)31-13-18-5-6-20(39-18)40(37,38)33-32-23(36)15-7-9-34(10-8-15)21-19(26)11-16(12-30-21)24(27,28)29/h1-6,11-12,15,33H,7-10,13H2,(H,31,35)(H,32,36). The van der Waals surface area contributed by atoms with Gasteiger partial charge in [-0.3, -0.25) is 15.0 Å². The minimum atomic E-state index is -4.56. The van der Waals surface area contributed by atoms with Gasteiger partial charge in [-0.25, -0.2) is 13.4 Å². The first-order chi connectivity index (χ1) is 18.8. The predicted molar refractivity (Wildman–Crippen MR) is 145 cm³/mol. The van der Waals surface area contributed by atoms with Crippen molar-refractivity contribution in [3.63, 3.8) is 0 Å². The van der Waals surface area contributed by atoms with Gasteiger partial charge in [0.05, 0.1) is 17.1 Å². The van der Waals surface area contributed by atoms with Crippen molar-refractivity contribution in [2.45, 2.75) is 29.8 Å². The Bertz CT molecular complexity index is 1490. The quantitative estimate of drug-likeness (QED) is 0.311. The Labute approximate surface area is 241 Å². The number of benzene rings is 1. The monoisotopic (exact) mass is 635 g/mol. The normalized spacial score (nSPS) is 14.7. The highest BCUT2D eigenvalue weighted by molar-refractivity contribution is 7.91. The molecule has 0 aliphatic carbocycles. The second-order valence-electron chi connectivity index (χ2n) is 8.79. The van der Waals surface area contributed by atoms with Crippen LogP contribution in [0.3, 0.4) is 0 Å². The van der Waals surface area contributed by atoms with Crippen LogP contribution in [-0.4, -0.2) is 38.3 Å². The molecule has 214 valence electrons. The number of aromatic nitrogens is 1. The van der Waals surface area contributed by atoms with E-state index in [1.54, 1.807) is 35.2 Å². The van der Waals surface area contributed by atoms with Crippen molar-refractivity contribution in [2.75, 3.05) is 18.0 Å². The van der Waals surface area contributed by atoms with Gasteiger partial charge >= 0.3 is 6.18 Å². The maximum Gasteiger partial charge on any atom is 0.417 e. The minimum absolute atomic E-state index is 0.0543. The van der Waals surface area contributed by atoms with Crippen molar-refractivity contribution in [2.24, 2.45) is 5.92 Å². The molecule has 0 radical (unpaired) electrons. The van der Waals surface area contributed by atoms with Crippen LogP contribution in [0, 0.1) is 5.92 Å². The maximum atomic E-state index is 12.9. The topological polar surface area (TPSA) is 120 Å². The van der Waals surface area contributed by atoms with E-state index in [4.69, 9.17) is 23.2 Å². The smallest absolute Gasteiger partial charge is 0.355 e. The summed E-state index contributed by atoms with van der Waals surface area (Å²) in [7, 11) is -4.06. The van der Waals surface area contributed by atoms with Gasteiger partial charge in [0.15, 0.2) is 0 Å². The summed E-state index contributed by atoms with van der Waals surface area (Å²) >= 11 is 12.8.